The van der Waals surface area contributed by atoms with Gasteiger partial charge in [0.1, 0.15) is 0 Å². The molecule has 4 aliphatic heterocycles. The summed E-state index contributed by atoms with van der Waals surface area (Å²) in [6.07, 6.45) is 12.1. The SMILES string of the molecule is C1CCC2C(C1)CC1CNC3C4NCC5CCCC6CNC(C7NCC2C1C37)C4C56. The second-order valence-electron chi connectivity index (χ2n) is 12.9. The molecule has 0 aromatic carbocycles. The Balaban J connectivity index is 1.17. The van der Waals surface area contributed by atoms with E-state index in [1.165, 1.54) is 71.1 Å². The highest BCUT2D eigenvalue weighted by atomic mass is 15.2. The van der Waals surface area contributed by atoms with Gasteiger partial charge in [-0.1, -0.05) is 25.7 Å². The summed E-state index contributed by atoms with van der Waals surface area (Å²) in [6.45, 7) is 5.26. The first kappa shape index (κ1) is 18.3. The second-order valence-corrected chi connectivity index (χ2v) is 12.9. The lowest BCUT2D eigenvalue weighted by Gasteiger charge is -2.69. The van der Waals surface area contributed by atoms with Crippen molar-refractivity contribution in [2.75, 3.05) is 26.2 Å². The van der Waals surface area contributed by atoms with Crippen LogP contribution >= 0.6 is 0 Å². The van der Waals surface area contributed by atoms with Gasteiger partial charge in [0.25, 0.3) is 0 Å². The molecule has 4 heterocycles. The molecule has 0 aromatic heterocycles. The van der Waals surface area contributed by atoms with E-state index in [1.54, 1.807) is 6.42 Å². The van der Waals surface area contributed by atoms with Crippen LogP contribution < -0.4 is 21.3 Å². The lowest BCUT2D eigenvalue weighted by molar-refractivity contribution is -0.144. The van der Waals surface area contributed by atoms with E-state index in [2.05, 4.69) is 21.3 Å². The smallest absolute Gasteiger partial charge is 0.0271 e. The van der Waals surface area contributed by atoms with Crippen molar-refractivity contribution in [1.29, 1.82) is 0 Å². The van der Waals surface area contributed by atoms with Crippen LogP contribution in [-0.2, 0) is 0 Å². The maximum absolute atomic E-state index is 4.26. The Morgan fingerprint density at radius 1 is 0.400 bits per heavy atom. The molecule has 166 valence electrons. The van der Waals surface area contributed by atoms with Gasteiger partial charge in [0.05, 0.1) is 0 Å². The van der Waals surface area contributed by atoms with Gasteiger partial charge in [-0.25, -0.2) is 0 Å². The van der Waals surface area contributed by atoms with E-state index in [9.17, 15) is 0 Å². The summed E-state index contributed by atoms with van der Waals surface area (Å²) in [5, 5.41) is 16.9. The van der Waals surface area contributed by atoms with Gasteiger partial charge in [-0.3, -0.25) is 0 Å². The first-order chi connectivity index (χ1) is 14.9. The lowest BCUT2D eigenvalue weighted by Crippen LogP contribution is -2.83. The minimum atomic E-state index is 0.719. The minimum absolute atomic E-state index is 0.719. The molecule has 8 fully saturated rings. The molecular weight excluding hydrogens is 368 g/mol. The number of hydrogen-bond acceptors (Lipinski definition) is 4. The molecule has 8 rings (SSSR count). The maximum Gasteiger partial charge on any atom is 0.0271 e. The third-order valence-electron chi connectivity index (χ3n) is 12.2. The summed E-state index contributed by atoms with van der Waals surface area (Å²) in [6, 6.07) is 2.88. The molecule has 0 aromatic rings. The molecule has 14 atom stereocenters. The topological polar surface area (TPSA) is 48.1 Å². The van der Waals surface area contributed by atoms with Crippen LogP contribution in [0.5, 0.6) is 0 Å². The van der Waals surface area contributed by atoms with Crippen molar-refractivity contribution < 1.29 is 0 Å². The number of nitrogens with one attached hydrogen (secondary N) is 4. The van der Waals surface area contributed by atoms with Gasteiger partial charge in [-0.05, 0) is 111 Å². The Morgan fingerprint density at radius 2 is 0.967 bits per heavy atom. The zero-order valence-corrected chi connectivity index (χ0v) is 18.6. The largest absolute Gasteiger partial charge is 0.312 e. The fourth-order valence-corrected chi connectivity index (χ4v) is 11.4. The predicted molar refractivity (Wildman–Crippen MR) is 119 cm³/mol. The number of rotatable bonds is 0. The Kier molecular flexibility index (Phi) is 4.07. The Morgan fingerprint density at radius 3 is 1.70 bits per heavy atom. The fourth-order valence-electron chi connectivity index (χ4n) is 11.4. The minimum Gasteiger partial charge on any atom is -0.312 e. The Bertz CT molecular complexity index is 671. The molecule has 4 nitrogen and oxygen atoms in total. The van der Waals surface area contributed by atoms with Gasteiger partial charge < -0.3 is 21.3 Å². The van der Waals surface area contributed by atoms with E-state index < -0.39 is 0 Å². The van der Waals surface area contributed by atoms with Gasteiger partial charge in [-0.15, -0.1) is 0 Å². The van der Waals surface area contributed by atoms with Crippen LogP contribution in [0, 0.1) is 59.2 Å². The van der Waals surface area contributed by atoms with Crippen molar-refractivity contribution in [3.05, 3.63) is 0 Å². The van der Waals surface area contributed by atoms with Crippen molar-refractivity contribution in [3.8, 4) is 0 Å². The first-order valence-corrected chi connectivity index (χ1v) is 13.8. The average molecular weight is 411 g/mol. The molecule has 0 bridgehead atoms. The standard InChI is InChI=1S/C26H42N4/c1-2-7-17-13(4-1)8-16-11-29-25-22-20(16)18(17)12-30-26(22)24-21-19-14(9-27-23(21)25)5-3-6-15(19)10-28-24/h13-30H,1-12H2. The number of piperidine rings is 4. The van der Waals surface area contributed by atoms with Crippen molar-refractivity contribution in [3.63, 3.8) is 0 Å². The zero-order valence-electron chi connectivity index (χ0n) is 18.6. The van der Waals surface area contributed by atoms with Gasteiger partial charge in [0.2, 0.25) is 0 Å². The van der Waals surface area contributed by atoms with Crippen LogP contribution in [0.2, 0.25) is 0 Å². The van der Waals surface area contributed by atoms with E-state index in [-0.39, 0.29) is 0 Å². The first-order valence-electron chi connectivity index (χ1n) is 13.8. The molecule has 0 amide bonds. The molecule has 14 unspecified atom stereocenters. The zero-order chi connectivity index (χ0) is 19.4. The van der Waals surface area contributed by atoms with Crippen LogP contribution in [0.1, 0.15) is 51.4 Å². The average Bonchev–Trinajstić information content (AvgIpc) is 2.81. The van der Waals surface area contributed by atoms with Crippen LogP contribution in [0.15, 0.2) is 0 Å². The Labute approximate surface area is 182 Å². The van der Waals surface area contributed by atoms with E-state index >= 15 is 0 Å². The van der Waals surface area contributed by atoms with Crippen molar-refractivity contribution in [1.82, 2.24) is 21.3 Å². The fraction of sp³-hybridized carbons (Fsp3) is 1.00. The van der Waals surface area contributed by atoms with Crippen LogP contribution in [0.4, 0.5) is 0 Å². The van der Waals surface area contributed by atoms with Gasteiger partial charge in [0, 0.05) is 24.2 Å². The molecule has 0 spiro atoms. The van der Waals surface area contributed by atoms with E-state index in [0.717, 1.165) is 83.3 Å². The molecule has 4 N–H and O–H groups in total. The molecular formula is C26H42N4. The molecule has 8 aliphatic rings. The van der Waals surface area contributed by atoms with Gasteiger partial charge in [-0.2, -0.15) is 0 Å². The van der Waals surface area contributed by atoms with E-state index in [0.29, 0.717) is 0 Å². The molecule has 4 saturated heterocycles. The highest BCUT2D eigenvalue weighted by Crippen LogP contribution is 2.59. The van der Waals surface area contributed by atoms with E-state index in [1.807, 2.05) is 0 Å². The third-order valence-corrected chi connectivity index (χ3v) is 12.2. The van der Waals surface area contributed by atoms with Crippen LogP contribution in [0.3, 0.4) is 0 Å². The maximum atomic E-state index is 4.26. The molecule has 30 heavy (non-hydrogen) atoms. The quantitative estimate of drug-likeness (QED) is 0.495. The monoisotopic (exact) mass is 410 g/mol. The molecule has 4 heteroatoms. The normalized spacial score (nSPS) is 63.2. The summed E-state index contributed by atoms with van der Waals surface area (Å²) in [4.78, 5) is 0. The molecule has 4 aliphatic carbocycles. The highest BCUT2D eigenvalue weighted by molar-refractivity contribution is 5.21. The van der Waals surface area contributed by atoms with Crippen molar-refractivity contribution in [2.45, 2.75) is 75.5 Å². The van der Waals surface area contributed by atoms with Gasteiger partial charge in [0.15, 0.2) is 0 Å². The molecule has 0 radical (unpaired) electrons. The summed E-state index contributed by atoms with van der Waals surface area (Å²) in [7, 11) is 0. The summed E-state index contributed by atoms with van der Waals surface area (Å²) in [5.74, 6) is 9.61. The summed E-state index contributed by atoms with van der Waals surface area (Å²) >= 11 is 0. The lowest BCUT2D eigenvalue weighted by atomic mass is 9.45. The van der Waals surface area contributed by atoms with E-state index in [4.69, 9.17) is 0 Å². The predicted octanol–water partition coefficient (Wildman–Crippen LogP) is 2.21. The van der Waals surface area contributed by atoms with Crippen molar-refractivity contribution in [2.24, 2.45) is 59.2 Å². The third kappa shape index (κ3) is 2.33. The van der Waals surface area contributed by atoms with Gasteiger partial charge >= 0.3 is 0 Å². The van der Waals surface area contributed by atoms with Crippen LogP contribution in [0.25, 0.3) is 0 Å². The summed E-state index contributed by atoms with van der Waals surface area (Å²) in [5.41, 5.74) is 0. The number of hydrogen-bond donors (Lipinski definition) is 4. The number of fused-ring (bicyclic) bond motifs is 4. The molecule has 4 saturated carbocycles. The van der Waals surface area contributed by atoms with Crippen LogP contribution in [-0.4, -0.2) is 50.3 Å². The van der Waals surface area contributed by atoms with Crippen molar-refractivity contribution >= 4 is 0 Å². The Hall–Kier alpha value is -0.160. The second kappa shape index (κ2) is 6.68. The highest BCUT2D eigenvalue weighted by Gasteiger charge is 2.65. The summed E-state index contributed by atoms with van der Waals surface area (Å²) < 4.78 is 0.